The summed E-state index contributed by atoms with van der Waals surface area (Å²) >= 11 is 3.20. The molecular weight excluding hydrogens is 239 g/mol. The van der Waals surface area contributed by atoms with Gasteiger partial charge in [0.15, 0.2) is 0 Å². The summed E-state index contributed by atoms with van der Waals surface area (Å²) in [5.74, 6) is -0.401. The van der Waals surface area contributed by atoms with Gasteiger partial charge in [-0.1, -0.05) is 0 Å². The molecule has 66 valence electrons. The van der Waals surface area contributed by atoms with Crippen LogP contribution < -0.4 is 5.69 Å². The van der Waals surface area contributed by atoms with E-state index in [9.17, 15) is 9.18 Å². The molecule has 0 amide bonds. The molecule has 0 saturated heterocycles. The number of nitrogens with one attached hydrogen (secondary N) is 1. The number of fused-ring (bicyclic) bond motifs is 1. The number of halogens is 2. The second-order valence-corrected chi connectivity index (χ2v) is 3.36. The highest BCUT2D eigenvalue weighted by Crippen LogP contribution is 2.22. The largest absolute Gasteiger partial charge is 0.345 e. The van der Waals surface area contributed by atoms with Gasteiger partial charge in [-0.25, -0.2) is 14.2 Å². The zero-order valence-electron chi connectivity index (χ0n) is 6.34. The first-order chi connectivity index (χ1) is 6.18. The topological polar surface area (TPSA) is 45.8 Å². The summed E-state index contributed by atoms with van der Waals surface area (Å²) in [4.78, 5) is 16.7. The van der Waals surface area contributed by atoms with Gasteiger partial charge in [-0.15, -0.1) is 0 Å². The Hall–Kier alpha value is -1.23. The van der Waals surface area contributed by atoms with Crippen LogP contribution in [0.5, 0.6) is 0 Å². The van der Waals surface area contributed by atoms with E-state index in [0.29, 0.717) is 15.4 Å². The molecule has 0 aliphatic rings. The van der Waals surface area contributed by atoms with Gasteiger partial charge in [-0.2, -0.15) is 0 Å². The predicted molar refractivity (Wildman–Crippen MR) is 50.0 cm³/mol. The van der Waals surface area contributed by atoms with Crippen LogP contribution in [-0.2, 0) is 0 Å². The maximum Gasteiger partial charge on any atom is 0.345 e. The molecule has 0 unspecified atom stereocenters. The van der Waals surface area contributed by atoms with Crippen molar-refractivity contribution >= 4 is 26.8 Å². The van der Waals surface area contributed by atoms with Gasteiger partial charge in [0.05, 0.1) is 10.9 Å². The van der Waals surface area contributed by atoms with Crippen molar-refractivity contribution in [3.8, 4) is 0 Å². The molecule has 0 bridgehead atoms. The molecule has 1 heterocycles. The molecule has 0 saturated carbocycles. The Morgan fingerprint density at radius 1 is 1.46 bits per heavy atom. The number of hydrogen-bond donors (Lipinski definition) is 1. The molecule has 2 rings (SSSR count). The fourth-order valence-electron chi connectivity index (χ4n) is 1.08. The minimum atomic E-state index is -0.487. The average molecular weight is 243 g/mol. The lowest BCUT2D eigenvalue weighted by molar-refractivity contribution is 0.638. The van der Waals surface area contributed by atoms with E-state index in [1.165, 1.54) is 18.3 Å². The van der Waals surface area contributed by atoms with Gasteiger partial charge in [-0.05, 0) is 28.1 Å². The Labute approximate surface area is 80.7 Å². The van der Waals surface area contributed by atoms with Crippen molar-refractivity contribution in [2.24, 2.45) is 0 Å². The summed E-state index contributed by atoms with van der Waals surface area (Å²) in [5, 5.41) is 0.300. The second-order valence-electron chi connectivity index (χ2n) is 2.51. The zero-order valence-corrected chi connectivity index (χ0v) is 7.93. The molecule has 0 aliphatic carbocycles. The van der Waals surface area contributed by atoms with Crippen molar-refractivity contribution in [1.29, 1.82) is 0 Å². The van der Waals surface area contributed by atoms with E-state index in [1.54, 1.807) is 0 Å². The highest BCUT2D eigenvalue weighted by molar-refractivity contribution is 9.10. The van der Waals surface area contributed by atoms with Crippen LogP contribution in [0.15, 0.2) is 27.6 Å². The van der Waals surface area contributed by atoms with E-state index in [4.69, 9.17) is 0 Å². The second kappa shape index (κ2) is 2.92. The van der Waals surface area contributed by atoms with Crippen LogP contribution in [0.25, 0.3) is 10.9 Å². The Bertz CT molecular complexity index is 523. The Kier molecular flexibility index (Phi) is 1.88. The Balaban J connectivity index is 3.00. The van der Waals surface area contributed by atoms with E-state index in [2.05, 4.69) is 25.9 Å². The van der Waals surface area contributed by atoms with Crippen LogP contribution >= 0.6 is 15.9 Å². The fraction of sp³-hybridized carbons (Fsp3) is 0. The molecule has 3 nitrogen and oxygen atoms in total. The molecule has 0 radical (unpaired) electrons. The molecule has 1 N–H and O–H groups in total. The summed E-state index contributed by atoms with van der Waals surface area (Å²) < 4.78 is 13.8. The molecule has 1 aromatic heterocycles. The number of aromatic amines is 1. The SMILES string of the molecule is O=c1ncc2c(F)ccc(Br)c2[nH]1. The molecular formula is C8H4BrFN2O. The Morgan fingerprint density at radius 3 is 3.00 bits per heavy atom. The standard InChI is InChI=1S/C8H4BrFN2O/c9-5-1-2-6(10)4-3-11-8(13)12-7(4)5/h1-3H,(H,11,12,13). The van der Waals surface area contributed by atoms with Gasteiger partial charge in [0.25, 0.3) is 0 Å². The van der Waals surface area contributed by atoms with Gasteiger partial charge >= 0.3 is 5.69 Å². The molecule has 1 aromatic carbocycles. The summed E-state index contributed by atoms with van der Waals surface area (Å²) in [6.07, 6.45) is 1.22. The number of rotatable bonds is 0. The molecule has 0 aliphatic heterocycles. The monoisotopic (exact) mass is 242 g/mol. The summed E-state index contributed by atoms with van der Waals surface area (Å²) in [5.41, 5.74) is -0.0567. The minimum absolute atomic E-state index is 0.300. The first-order valence-electron chi connectivity index (χ1n) is 3.51. The van der Waals surface area contributed by atoms with Crippen molar-refractivity contribution in [2.45, 2.75) is 0 Å². The smallest absolute Gasteiger partial charge is 0.304 e. The fourth-order valence-corrected chi connectivity index (χ4v) is 1.53. The number of nitrogens with zero attached hydrogens (tertiary/aromatic N) is 1. The van der Waals surface area contributed by atoms with Crippen molar-refractivity contribution in [3.63, 3.8) is 0 Å². The minimum Gasteiger partial charge on any atom is -0.304 e. The highest BCUT2D eigenvalue weighted by atomic mass is 79.9. The van der Waals surface area contributed by atoms with E-state index < -0.39 is 11.5 Å². The summed E-state index contributed by atoms with van der Waals surface area (Å²) in [6.45, 7) is 0. The van der Waals surface area contributed by atoms with Crippen molar-refractivity contribution in [2.75, 3.05) is 0 Å². The average Bonchev–Trinajstić information content (AvgIpc) is 2.12. The summed E-state index contributed by atoms with van der Waals surface area (Å²) in [7, 11) is 0. The maximum atomic E-state index is 13.1. The van der Waals surface area contributed by atoms with E-state index in [-0.39, 0.29) is 0 Å². The van der Waals surface area contributed by atoms with Gasteiger partial charge < -0.3 is 4.98 Å². The highest BCUT2D eigenvalue weighted by Gasteiger charge is 2.04. The van der Waals surface area contributed by atoms with Gasteiger partial charge in [0.1, 0.15) is 5.82 Å². The van der Waals surface area contributed by atoms with Crippen LogP contribution in [0.3, 0.4) is 0 Å². The number of H-pyrrole nitrogens is 1. The predicted octanol–water partition coefficient (Wildman–Crippen LogP) is 1.82. The van der Waals surface area contributed by atoms with Gasteiger partial charge in [0, 0.05) is 10.7 Å². The zero-order chi connectivity index (χ0) is 9.42. The van der Waals surface area contributed by atoms with Crippen LogP contribution in [0.1, 0.15) is 0 Å². The lowest BCUT2D eigenvalue weighted by Gasteiger charge is -1.99. The number of benzene rings is 1. The third-order valence-corrected chi connectivity index (χ3v) is 2.35. The maximum absolute atomic E-state index is 13.1. The lowest BCUT2D eigenvalue weighted by atomic mass is 10.2. The normalized spacial score (nSPS) is 10.6. The molecule has 2 aromatic rings. The van der Waals surface area contributed by atoms with Gasteiger partial charge in [0.2, 0.25) is 0 Å². The molecule has 0 atom stereocenters. The first kappa shape index (κ1) is 8.37. The van der Waals surface area contributed by atoms with E-state index in [0.717, 1.165) is 0 Å². The summed E-state index contributed by atoms with van der Waals surface area (Å²) in [6, 6.07) is 2.85. The first-order valence-corrected chi connectivity index (χ1v) is 4.31. The molecule has 0 fully saturated rings. The van der Waals surface area contributed by atoms with E-state index in [1.807, 2.05) is 0 Å². The van der Waals surface area contributed by atoms with E-state index >= 15 is 0 Å². The van der Waals surface area contributed by atoms with Crippen LogP contribution in [-0.4, -0.2) is 9.97 Å². The number of aromatic nitrogens is 2. The van der Waals surface area contributed by atoms with Crippen molar-refractivity contribution < 1.29 is 4.39 Å². The van der Waals surface area contributed by atoms with Crippen molar-refractivity contribution in [1.82, 2.24) is 9.97 Å². The van der Waals surface area contributed by atoms with Gasteiger partial charge in [-0.3, -0.25) is 0 Å². The quantitative estimate of drug-likeness (QED) is 0.767. The van der Waals surface area contributed by atoms with Crippen LogP contribution in [0, 0.1) is 5.82 Å². The number of hydrogen-bond acceptors (Lipinski definition) is 2. The third kappa shape index (κ3) is 1.35. The lowest BCUT2D eigenvalue weighted by Crippen LogP contribution is -2.09. The van der Waals surface area contributed by atoms with Crippen LogP contribution in [0.4, 0.5) is 4.39 Å². The van der Waals surface area contributed by atoms with Crippen LogP contribution in [0.2, 0.25) is 0 Å². The molecule has 0 spiro atoms. The molecule has 13 heavy (non-hydrogen) atoms. The molecule has 5 heteroatoms. The Morgan fingerprint density at radius 2 is 2.23 bits per heavy atom. The third-order valence-electron chi connectivity index (χ3n) is 1.68. The van der Waals surface area contributed by atoms with Crippen molar-refractivity contribution in [3.05, 3.63) is 39.1 Å².